The van der Waals surface area contributed by atoms with E-state index in [2.05, 4.69) is 20.2 Å². The molecule has 8 heteroatoms. The third-order valence-electron chi connectivity index (χ3n) is 2.98. The number of likely N-dealkylation sites (N-methyl/N-ethyl adjacent to an activating group) is 1. The van der Waals surface area contributed by atoms with Crippen molar-refractivity contribution in [2.24, 2.45) is 0 Å². The Hall–Kier alpha value is -1.57. The van der Waals surface area contributed by atoms with Crippen molar-refractivity contribution in [2.75, 3.05) is 31.2 Å². The third-order valence-corrected chi connectivity index (χ3v) is 2.98. The Balaban J connectivity index is 2.14. The summed E-state index contributed by atoms with van der Waals surface area (Å²) >= 11 is 0. The molecule has 1 aliphatic heterocycles. The van der Waals surface area contributed by atoms with Gasteiger partial charge in [0.05, 0.1) is 0 Å². The lowest BCUT2D eigenvalue weighted by Gasteiger charge is -2.30. The number of nitrogen functional groups attached to an aromatic ring is 1. The van der Waals surface area contributed by atoms with Gasteiger partial charge in [0.1, 0.15) is 11.6 Å². The summed E-state index contributed by atoms with van der Waals surface area (Å²) < 4.78 is 37.7. The minimum atomic E-state index is -4.59. The molecule has 1 atom stereocenters. The number of nitrogens with one attached hydrogen (secondary N) is 1. The summed E-state index contributed by atoms with van der Waals surface area (Å²) in [6.45, 7) is 1.77. The van der Waals surface area contributed by atoms with E-state index in [1.807, 2.05) is 7.05 Å². The van der Waals surface area contributed by atoms with Crippen LogP contribution in [-0.4, -0.2) is 41.0 Å². The molecule has 1 aliphatic rings. The average molecular weight is 275 g/mol. The van der Waals surface area contributed by atoms with Crippen molar-refractivity contribution >= 4 is 11.6 Å². The summed E-state index contributed by atoms with van der Waals surface area (Å²) in [5.74, 6) is -1.27. The molecule has 3 N–H and O–H groups in total. The van der Waals surface area contributed by atoms with Crippen LogP contribution in [0.4, 0.5) is 24.8 Å². The van der Waals surface area contributed by atoms with Gasteiger partial charge in [0.2, 0.25) is 5.82 Å². The molecule has 0 radical (unpaired) electrons. The van der Waals surface area contributed by atoms with E-state index < -0.39 is 12.0 Å². The molecule has 1 fully saturated rings. The van der Waals surface area contributed by atoms with E-state index in [1.165, 1.54) is 6.07 Å². The van der Waals surface area contributed by atoms with E-state index in [0.717, 1.165) is 25.9 Å². The molecule has 106 valence electrons. The smallest absolute Gasteiger partial charge is 0.384 e. The van der Waals surface area contributed by atoms with Gasteiger partial charge in [0.25, 0.3) is 0 Å². The summed E-state index contributed by atoms with van der Waals surface area (Å²) in [7, 11) is 1.98. The Bertz CT molecular complexity index is 448. The largest absolute Gasteiger partial charge is 0.451 e. The Morgan fingerprint density at radius 1 is 1.42 bits per heavy atom. The zero-order chi connectivity index (χ0) is 14.0. The van der Waals surface area contributed by atoms with Crippen molar-refractivity contribution in [1.82, 2.24) is 14.9 Å². The van der Waals surface area contributed by atoms with Gasteiger partial charge in [-0.3, -0.25) is 0 Å². The van der Waals surface area contributed by atoms with Gasteiger partial charge in [0, 0.05) is 18.7 Å². The summed E-state index contributed by atoms with van der Waals surface area (Å²) in [6, 6.07) is 1.40. The van der Waals surface area contributed by atoms with Crippen molar-refractivity contribution in [3.63, 3.8) is 0 Å². The van der Waals surface area contributed by atoms with Crippen LogP contribution in [0.15, 0.2) is 6.07 Å². The zero-order valence-corrected chi connectivity index (χ0v) is 10.5. The Morgan fingerprint density at radius 3 is 2.79 bits per heavy atom. The first kappa shape index (κ1) is 13.9. The average Bonchev–Trinajstić information content (AvgIpc) is 2.26. The normalized spacial score (nSPS) is 21.4. The molecular formula is C11H16F3N5. The van der Waals surface area contributed by atoms with Crippen molar-refractivity contribution in [3.8, 4) is 0 Å². The van der Waals surface area contributed by atoms with Crippen LogP contribution in [0.3, 0.4) is 0 Å². The molecule has 19 heavy (non-hydrogen) atoms. The summed E-state index contributed by atoms with van der Waals surface area (Å²) in [6.07, 6.45) is -2.69. The van der Waals surface area contributed by atoms with Crippen LogP contribution in [0.25, 0.3) is 0 Å². The molecule has 0 amide bonds. The first-order chi connectivity index (χ1) is 8.84. The lowest BCUT2D eigenvalue weighted by molar-refractivity contribution is -0.144. The van der Waals surface area contributed by atoms with Crippen molar-refractivity contribution in [2.45, 2.75) is 25.1 Å². The van der Waals surface area contributed by atoms with Gasteiger partial charge < -0.3 is 16.0 Å². The maximum atomic E-state index is 12.6. The van der Waals surface area contributed by atoms with Gasteiger partial charge in [0.15, 0.2) is 0 Å². The summed E-state index contributed by atoms with van der Waals surface area (Å²) in [5.41, 5.74) is 5.39. The molecule has 1 unspecified atom stereocenters. The second-order valence-corrected chi connectivity index (χ2v) is 4.75. The van der Waals surface area contributed by atoms with Crippen molar-refractivity contribution in [1.29, 1.82) is 0 Å². The van der Waals surface area contributed by atoms with E-state index in [4.69, 9.17) is 5.73 Å². The topological polar surface area (TPSA) is 67.1 Å². The quantitative estimate of drug-likeness (QED) is 0.858. The number of rotatable bonds is 2. The van der Waals surface area contributed by atoms with Crippen LogP contribution < -0.4 is 11.1 Å². The predicted octanol–water partition coefficient (Wildman–Crippen LogP) is 1.58. The molecule has 0 aliphatic carbocycles. The number of likely N-dealkylation sites (tertiary alicyclic amines) is 1. The van der Waals surface area contributed by atoms with E-state index in [1.54, 1.807) is 0 Å². The predicted molar refractivity (Wildman–Crippen MR) is 65.6 cm³/mol. The number of hydrogen-bond donors (Lipinski definition) is 2. The summed E-state index contributed by atoms with van der Waals surface area (Å²) in [4.78, 5) is 8.80. The fraction of sp³-hybridized carbons (Fsp3) is 0.636. The highest BCUT2D eigenvalue weighted by molar-refractivity contribution is 5.45. The van der Waals surface area contributed by atoms with Crippen LogP contribution in [-0.2, 0) is 6.18 Å². The standard InChI is InChI=1S/C11H16F3N5/c1-19-4-2-3-7(6-19)16-9-5-8(15)17-10(18-9)11(12,13)14/h5,7H,2-4,6H2,1H3,(H3,15,16,17,18). The SMILES string of the molecule is CN1CCCC(Nc2cc(N)nc(C(F)(F)F)n2)C1. The Labute approximate surface area is 109 Å². The molecule has 1 aromatic heterocycles. The molecule has 0 aromatic carbocycles. The van der Waals surface area contributed by atoms with Crippen LogP contribution in [0.1, 0.15) is 18.7 Å². The number of piperidine rings is 1. The van der Waals surface area contributed by atoms with Gasteiger partial charge in [-0.2, -0.15) is 13.2 Å². The molecule has 1 aromatic rings. The lowest BCUT2D eigenvalue weighted by atomic mass is 10.1. The molecule has 2 heterocycles. The van der Waals surface area contributed by atoms with Crippen LogP contribution in [0.2, 0.25) is 0 Å². The van der Waals surface area contributed by atoms with Crippen LogP contribution in [0, 0.1) is 0 Å². The maximum Gasteiger partial charge on any atom is 0.451 e. The van der Waals surface area contributed by atoms with E-state index in [-0.39, 0.29) is 17.7 Å². The second kappa shape index (κ2) is 5.20. The van der Waals surface area contributed by atoms with E-state index in [0.29, 0.717) is 0 Å². The van der Waals surface area contributed by atoms with Gasteiger partial charge in [-0.05, 0) is 26.4 Å². The number of alkyl halides is 3. The molecule has 1 saturated heterocycles. The van der Waals surface area contributed by atoms with E-state index >= 15 is 0 Å². The number of nitrogens with zero attached hydrogens (tertiary/aromatic N) is 3. The van der Waals surface area contributed by atoms with Crippen molar-refractivity contribution in [3.05, 3.63) is 11.9 Å². The fourth-order valence-corrected chi connectivity index (χ4v) is 2.16. The Morgan fingerprint density at radius 2 is 2.16 bits per heavy atom. The molecule has 5 nitrogen and oxygen atoms in total. The number of aromatic nitrogens is 2. The second-order valence-electron chi connectivity index (χ2n) is 4.75. The van der Waals surface area contributed by atoms with Gasteiger partial charge in [-0.1, -0.05) is 0 Å². The molecule has 0 bridgehead atoms. The highest BCUT2D eigenvalue weighted by Gasteiger charge is 2.35. The molecule has 2 rings (SSSR count). The first-order valence-electron chi connectivity index (χ1n) is 6.01. The first-order valence-corrected chi connectivity index (χ1v) is 6.01. The molecular weight excluding hydrogens is 259 g/mol. The highest BCUT2D eigenvalue weighted by atomic mass is 19.4. The Kier molecular flexibility index (Phi) is 3.79. The van der Waals surface area contributed by atoms with Crippen LogP contribution >= 0.6 is 0 Å². The van der Waals surface area contributed by atoms with Crippen LogP contribution in [0.5, 0.6) is 0 Å². The van der Waals surface area contributed by atoms with Gasteiger partial charge in [-0.25, -0.2) is 9.97 Å². The number of hydrogen-bond acceptors (Lipinski definition) is 5. The number of halogens is 3. The van der Waals surface area contributed by atoms with Gasteiger partial charge >= 0.3 is 6.18 Å². The minimum Gasteiger partial charge on any atom is -0.384 e. The van der Waals surface area contributed by atoms with Crippen molar-refractivity contribution < 1.29 is 13.2 Å². The number of nitrogens with two attached hydrogens (primary N) is 1. The lowest BCUT2D eigenvalue weighted by Crippen LogP contribution is -2.40. The third kappa shape index (κ3) is 3.69. The molecule has 0 spiro atoms. The fourth-order valence-electron chi connectivity index (χ4n) is 2.16. The number of anilines is 2. The molecule has 0 saturated carbocycles. The van der Waals surface area contributed by atoms with Gasteiger partial charge in [-0.15, -0.1) is 0 Å². The van der Waals surface area contributed by atoms with E-state index in [9.17, 15) is 13.2 Å². The zero-order valence-electron chi connectivity index (χ0n) is 10.5. The summed E-state index contributed by atoms with van der Waals surface area (Å²) in [5, 5.41) is 2.99. The monoisotopic (exact) mass is 275 g/mol. The minimum absolute atomic E-state index is 0.0779. The highest BCUT2D eigenvalue weighted by Crippen LogP contribution is 2.28. The maximum absolute atomic E-state index is 12.6.